The summed E-state index contributed by atoms with van der Waals surface area (Å²) in [5.41, 5.74) is 9.67. The van der Waals surface area contributed by atoms with Crippen molar-refractivity contribution < 1.29 is 5.11 Å². The Morgan fingerprint density at radius 3 is 2.62 bits per heavy atom. The number of rotatable bonds is 0. The van der Waals surface area contributed by atoms with E-state index >= 15 is 0 Å². The Kier molecular flexibility index (Phi) is 2.89. The van der Waals surface area contributed by atoms with E-state index in [-0.39, 0.29) is 11.5 Å². The smallest absolute Gasteiger partial charge is 0.0577 e. The highest BCUT2D eigenvalue weighted by Gasteiger charge is 2.56. The zero-order valence-electron chi connectivity index (χ0n) is 13.4. The molecule has 0 heterocycles. The molecule has 0 radical (unpaired) electrons. The highest BCUT2D eigenvalue weighted by atomic mass is 16.3. The SMILES string of the molecule is C[C@]12CC[C@H](O)CC1=CC[C@@H]1[C@@H]2CC[C@]2(C)C(N)=CC[C@@H]12. The van der Waals surface area contributed by atoms with E-state index in [0.29, 0.717) is 5.41 Å². The summed E-state index contributed by atoms with van der Waals surface area (Å²) in [7, 11) is 0. The van der Waals surface area contributed by atoms with Gasteiger partial charge in [0.1, 0.15) is 0 Å². The molecule has 6 atom stereocenters. The number of hydrogen-bond donors (Lipinski definition) is 2. The topological polar surface area (TPSA) is 46.2 Å². The molecule has 0 saturated heterocycles. The number of aliphatic hydroxyl groups excluding tert-OH is 1. The normalized spacial score (nSPS) is 52.3. The summed E-state index contributed by atoms with van der Waals surface area (Å²) in [5, 5.41) is 10.0. The van der Waals surface area contributed by atoms with Crippen LogP contribution in [0.2, 0.25) is 0 Å². The van der Waals surface area contributed by atoms with Gasteiger partial charge in [-0.2, -0.15) is 0 Å². The fourth-order valence-electron chi connectivity index (χ4n) is 6.24. The molecule has 21 heavy (non-hydrogen) atoms. The van der Waals surface area contributed by atoms with Crippen molar-refractivity contribution in [1.29, 1.82) is 0 Å². The van der Waals surface area contributed by atoms with Gasteiger partial charge in [0.15, 0.2) is 0 Å². The van der Waals surface area contributed by atoms with Crippen molar-refractivity contribution in [1.82, 2.24) is 0 Å². The van der Waals surface area contributed by atoms with Crippen LogP contribution < -0.4 is 5.73 Å². The molecular weight excluding hydrogens is 258 g/mol. The van der Waals surface area contributed by atoms with Crippen molar-refractivity contribution >= 4 is 0 Å². The third-order valence-electron chi connectivity index (χ3n) is 7.72. The predicted molar refractivity (Wildman–Crippen MR) is 85.4 cm³/mol. The zero-order valence-corrected chi connectivity index (χ0v) is 13.4. The fraction of sp³-hybridized carbons (Fsp3) is 0.789. The van der Waals surface area contributed by atoms with Gasteiger partial charge in [-0.3, -0.25) is 0 Å². The molecule has 2 fully saturated rings. The summed E-state index contributed by atoms with van der Waals surface area (Å²) in [4.78, 5) is 0. The first-order valence-corrected chi connectivity index (χ1v) is 8.79. The Morgan fingerprint density at radius 1 is 1.05 bits per heavy atom. The van der Waals surface area contributed by atoms with Gasteiger partial charge in [-0.25, -0.2) is 0 Å². The second kappa shape index (κ2) is 4.38. The minimum absolute atomic E-state index is 0.0986. The van der Waals surface area contributed by atoms with Gasteiger partial charge in [-0.05, 0) is 68.1 Å². The summed E-state index contributed by atoms with van der Waals surface area (Å²) < 4.78 is 0. The van der Waals surface area contributed by atoms with Crippen molar-refractivity contribution in [3.63, 3.8) is 0 Å². The van der Waals surface area contributed by atoms with Gasteiger partial charge in [0.05, 0.1) is 6.10 Å². The zero-order chi connectivity index (χ0) is 14.8. The van der Waals surface area contributed by atoms with Gasteiger partial charge >= 0.3 is 0 Å². The van der Waals surface area contributed by atoms with Crippen LogP contribution in [0.1, 0.15) is 58.8 Å². The lowest BCUT2D eigenvalue weighted by atomic mass is 9.48. The Labute approximate surface area is 128 Å². The van der Waals surface area contributed by atoms with Gasteiger partial charge in [0, 0.05) is 11.1 Å². The molecule has 0 unspecified atom stereocenters. The van der Waals surface area contributed by atoms with Crippen LogP contribution in [0.15, 0.2) is 23.4 Å². The number of nitrogens with two attached hydrogens (primary N) is 1. The Balaban J connectivity index is 1.68. The van der Waals surface area contributed by atoms with E-state index in [1.807, 2.05) is 0 Å². The molecule has 2 nitrogen and oxygen atoms in total. The van der Waals surface area contributed by atoms with Gasteiger partial charge in [0.25, 0.3) is 0 Å². The van der Waals surface area contributed by atoms with Gasteiger partial charge < -0.3 is 10.8 Å². The number of allylic oxidation sites excluding steroid dienone is 3. The minimum Gasteiger partial charge on any atom is -0.402 e. The molecule has 0 amide bonds. The van der Waals surface area contributed by atoms with Gasteiger partial charge in [-0.15, -0.1) is 0 Å². The second-order valence-corrected chi connectivity index (χ2v) is 8.51. The molecule has 0 aromatic carbocycles. The lowest BCUT2D eigenvalue weighted by Crippen LogP contribution is -2.50. The summed E-state index contributed by atoms with van der Waals surface area (Å²) >= 11 is 0. The second-order valence-electron chi connectivity index (χ2n) is 8.51. The lowest BCUT2D eigenvalue weighted by molar-refractivity contribution is -0.0296. The number of fused-ring (bicyclic) bond motifs is 5. The molecule has 4 aliphatic carbocycles. The quantitative estimate of drug-likeness (QED) is 0.666. The maximum atomic E-state index is 10.0. The van der Waals surface area contributed by atoms with Crippen LogP contribution in [0, 0.1) is 28.6 Å². The summed E-state index contributed by atoms with van der Waals surface area (Å²) in [6, 6.07) is 0. The number of aliphatic hydroxyl groups is 1. The van der Waals surface area contributed by atoms with E-state index in [2.05, 4.69) is 26.0 Å². The molecule has 0 aliphatic heterocycles. The maximum absolute atomic E-state index is 10.0. The average Bonchev–Trinajstić information content (AvgIpc) is 2.76. The first-order chi connectivity index (χ1) is 9.95. The van der Waals surface area contributed by atoms with E-state index in [4.69, 9.17) is 5.73 Å². The molecule has 0 aromatic rings. The molecular formula is C19H29NO. The summed E-state index contributed by atoms with van der Waals surface area (Å²) in [6.07, 6.45) is 12.7. The molecule has 0 aromatic heterocycles. The van der Waals surface area contributed by atoms with Gasteiger partial charge in [-0.1, -0.05) is 31.6 Å². The monoisotopic (exact) mass is 287 g/mol. The van der Waals surface area contributed by atoms with E-state index in [1.54, 1.807) is 5.57 Å². The van der Waals surface area contributed by atoms with Crippen molar-refractivity contribution in [2.45, 2.75) is 64.9 Å². The van der Waals surface area contributed by atoms with Crippen molar-refractivity contribution in [3.8, 4) is 0 Å². The highest BCUT2D eigenvalue weighted by Crippen LogP contribution is 2.64. The molecule has 0 bridgehead atoms. The maximum Gasteiger partial charge on any atom is 0.0577 e. The van der Waals surface area contributed by atoms with Crippen molar-refractivity contribution in [3.05, 3.63) is 23.4 Å². The average molecular weight is 287 g/mol. The highest BCUT2D eigenvalue weighted by molar-refractivity contribution is 5.28. The molecule has 0 spiro atoms. The van der Waals surface area contributed by atoms with Crippen LogP contribution in [-0.4, -0.2) is 11.2 Å². The van der Waals surface area contributed by atoms with E-state index in [0.717, 1.165) is 36.3 Å². The third kappa shape index (κ3) is 1.75. The standard InChI is InChI=1S/C19H29NO/c1-18-9-7-13(21)11-12(18)3-4-14-15-5-6-17(20)19(15,2)10-8-16(14)18/h3,6,13-16,21H,4-5,7-11,20H2,1-2H3/t13-,14-,15-,16-,18-,19-/m0/s1. The van der Waals surface area contributed by atoms with Crippen molar-refractivity contribution in [2.24, 2.45) is 34.3 Å². The largest absolute Gasteiger partial charge is 0.402 e. The van der Waals surface area contributed by atoms with Crippen LogP contribution in [-0.2, 0) is 0 Å². The van der Waals surface area contributed by atoms with E-state index in [9.17, 15) is 5.11 Å². The van der Waals surface area contributed by atoms with Crippen LogP contribution in [0.25, 0.3) is 0 Å². The molecule has 2 saturated carbocycles. The Bertz CT molecular complexity index is 522. The van der Waals surface area contributed by atoms with Crippen LogP contribution >= 0.6 is 0 Å². The van der Waals surface area contributed by atoms with Crippen molar-refractivity contribution in [2.75, 3.05) is 0 Å². The third-order valence-corrected chi connectivity index (χ3v) is 7.72. The van der Waals surface area contributed by atoms with Crippen LogP contribution in [0.4, 0.5) is 0 Å². The molecule has 4 aliphatic rings. The predicted octanol–water partition coefficient (Wildman–Crippen LogP) is 3.76. The van der Waals surface area contributed by atoms with E-state index in [1.165, 1.54) is 32.1 Å². The lowest BCUT2D eigenvalue weighted by Gasteiger charge is -2.57. The van der Waals surface area contributed by atoms with E-state index < -0.39 is 0 Å². The molecule has 116 valence electrons. The molecule has 3 N–H and O–H groups in total. The minimum atomic E-state index is -0.0986. The fourth-order valence-corrected chi connectivity index (χ4v) is 6.24. The molecule has 4 rings (SSSR count). The first kappa shape index (κ1) is 13.9. The van der Waals surface area contributed by atoms with Crippen LogP contribution in [0.3, 0.4) is 0 Å². The summed E-state index contributed by atoms with van der Waals surface area (Å²) in [5.74, 6) is 2.35. The number of hydrogen-bond acceptors (Lipinski definition) is 2. The Hall–Kier alpha value is -0.760. The Morgan fingerprint density at radius 2 is 1.81 bits per heavy atom. The van der Waals surface area contributed by atoms with Gasteiger partial charge in [0.2, 0.25) is 0 Å². The molecule has 2 heteroatoms. The van der Waals surface area contributed by atoms with Crippen LogP contribution in [0.5, 0.6) is 0 Å². The first-order valence-electron chi connectivity index (χ1n) is 8.79. The summed E-state index contributed by atoms with van der Waals surface area (Å²) in [6.45, 7) is 4.88.